The summed E-state index contributed by atoms with van der Waals surface area (Å²) >= 11 is 0. The fraction of sp³-hybridized carbons (Fsp3) is 0.457. The molecule has 0 aromatic heterocycles. The van der Waals surface area contributed by atoms with Gasteiger partial charge in [0.15, 0.2) is 11.5 Å². The Bertz CT molecular complexity index is 1380. The summed E-state index contributed by atoms with van der Waals surface area (Å²) in [7, 11) is 0. The Labute approximate surface area is 238 Å². The van der Waals surface area contributed by atoms with Gasteiger partial charge >= 0.3 is 0 Å². The molecule has 2 heterocycles. The third-order valence-electron chi connectivity index (χ3n) is 9.89. The van der Waals surface area contributed by atoms with Crippen LogP contribution in [0.15, 0.2) is 60.7 Å². The lowest BCUT2D eigenvalue weighted by atomic mass is 9.64. The Morgan fingerprint density at radius 1 is 0.975 bits per heavy atom. The molecule has 1 saturated heterocycles. The van der Waals surface area contributed by atoms with E-state index in [4.69, 9.17) is 9.47 Å². The summed E-state index contributed by atoms with van der Waals surface area (Å²) in [5, 5.41) is 3.16. The van der Waals surface area contributed by atoms with E-state index in [2.05, 4.69) is 80.4 Å². The summed E-state index contributed by atoms with van der Waals surface area (Å²) < 4.78 is 10.9. The largest absolute Gasteiger partial charge is 0.454 e. The molecule has 5 heteroatoms. The van der Waals surface area contributed by atoms with E-state index >= 15 is 0 Å². The molecule has 3 aromatic carbocycles. The Kier molecular flexibility index (Phi) is 7.35. The molecule has 0 radical (unpaired) electrons. The van der Waals surface area contributed by atoms with Gasteiger partial charge in [0.05, 0.1) is 0 Å². The highest BCUT2D eigenvalue weighted by Gasteiger charge is 2.44. The summed E-state index contributed by atoms with van der Waals surface area (Å²) in [4.78, 5) is 15.9. The second-order valence-electron chi connectivity index (χ2n) is 12.4. The van der Waals surface area contributed by atoms with Crippen molar-refractivity contribution in [1.29, 1.82) is 0 Å². The van der Waals surface area contributed by atoms with Crippen LogP contribution in [0.5, 0.6) is 11.5 Å². The van der Waals surface area contributed by atoms with Crippen molar-refractivity contribution in [3.8, 4) is 22.6 Å². The van der Waals surface area contributed by atoms with Gasteiger partial charge < -0.3 is 19.7 Å². The van der Waals surface area contributed by atoms with Crippen LogP contribution in [0.25, 0.3) is 11.1 Å². The van der Waals surface area contributed by atoms with Gasteiger partial charge in [-0.2, -0.15) is 0 Å². The SMILES string of the molecule is Cc1ccc(C(=O)NCCc2ccc(-c3ccc4c(c3)OCO4)cc2)cc1C1(C)CCN(CC2CC2)[C@H](C)[C@@H]1C. The summed E-state index contributed by atoms with van der Waals surface area (Å²) in [5.41, 5.74) is 6.89. The van der Waals surface area contributed by atoms with Crippen LogP contribution in [-0.4, -0.2) is 43.3 Å². The van der Waals surface area contributed by atoms with Crippen molar-refractivity contribution < 1.29 is 14.3 Å². The van der Waals surface area contributed by atoms with E-state index in [1.54, 1.807) is 0 Å². The van der Waals surface area contributed by atoms with Gasteiger partial charge in [-0.3, -0.25) is 4.79 Å². The number of likely N-dealkylation sites (tertiary alicyclic amines) is 1. The van der Waals surface area contributed by atoms with E-state index < -0.39 is 0 Å². The molecule has 1 aliphatic carbocycles. The summed E-state index contributed by atoms with van der Waals surface area (Å²) in [6.07, 6.45) is 4.73. The number of hydrogen-bond donors (Lipinski definition) is 1. The average Bonchev–Trinajstić information content (AvgIpc) is 3.66. The topological polar surface area (TPSA) is 50.8 Å². The normalized spacial score (nSPS) is 24.2. The molecule has 0 spiro atoms. The van der Waals surface area contributed by atoms with Crippen molar-refractivity contribution >= 4 is 5.91 Å². The Morgan fingerprint density at radius 2 is 1.73 bits per heavy atom. The number of rotatable bonds is 8. The van der Waals surface area contributed by atoms with Crippen LogP contribution >= 0.6 is 0 Å². The maximum absolute atomic E-state index is 13.2. The van der Waals surface area contributed by atoms with Gasteiger partial charge in [0, 0.05) is 24.7 Å². The van der Waals surface area contributed by atoms with Crippen molar-refractivity contribution in [3.63, 3.8) is 0 Å². The maximum Gasteiger partial charge on any atom is 0.251 e. The van der Waals surface area contributed by atoms with E-state index in [9.17, 15) is 4.79 Å². The minimum absolute atomic E-state index is 0.00806. The van der Waals surface area contributed by atoms with Crippen LogP contribution in [0, 0.1) is 18.8 Å². The molecule has 0 bridgehead atoms. The maximum atomic E-state index is 13.2. The monoisotopic (exact) mass is 538 g/mol. The predicted octanol–water partition coefficient (Wildman–Crippen LogP) is 6.76. The fourth-order valence-corrected chi connectivity index (χ4v) is 6.67. The second kappa shape index (κ2) is 10.9. The van der Waals surface area contributed by atoms with Crippen molar-refractivity contribution in [2.24, 2.45) is 11.8 Å². The number of hydrogen-bond acceptors (Lipinski definition) is 4. The number of amides is 1. The van der Waals surface area contributed by atoms with Crippen LogP contribution in [-0.2, 0) is 11.8 Å². The molecule has 1 saturated carbocycles. The molecule has 6 rings (SSSR count). The van der Waals surface area contributed by atoms with Crippen molar-refractivity contribution in [2.45, 2.75) is 64.8 Å². The van der Waals surface area contributed by atoms with E-state index in [0.717, 1.165) is 53.5 Å². The van der Waals surface area contributed by atoms with Crippen LogP contribution in [0.1, 0.15) is 67.1 Å². The molecule has 2 fully saturated rings. The summed E-state index contributed by atoms with van der Waals surface area (Å²) in [5.74, 6) is 3.04. The lowest BCUT2D eigenvalue weighted by Crippen LogP contribution is -2.53. The standard InChI is InChI=1S/C35H42N2O3/c1-23-5-10-30(19-31(23)35(4)16-18-37(21-27-6-7-27)25(3)24(35)2)34(38)36-17-15-26-8-11-28(12-9-26)29-13-14-32-33(20-29)40-22-39-32/h5,8-14,19-20,24-25,27H,6-7,15-18,21-22H2,1-4H3,(H,36,38)/t24-,25+,35?/m0/s1. The van der Waals surface area contributed by atoms with Gasteiger partial charge in [-0.1, -0.05) is 50.2 Å². The molecule has 5 nitrogen and oxygen atoms in total. The average molecular weight is 539 g/mol. The number of aryl methyl sites for hydroxylation is 1. The molecule has 3 aromatic rings. The Balaban J connectivity index is 1.07. The van der Waals surface area contributed by atoms with Crippen LogP contribution < -0.4 is 14.8 Å². The van der Waals surface area contributed by atoms with Gasteiger partial charge in [-0.05, 0) is 115 Å². The third-order valence-corrected chi connectivity index (χ3v) is 9.89. The highest BCUT2D eigenvalue weighted by atomic mass is 16.7. The van der Waals surface area contributed by atoms with Gasteiger partial charge in [-0.25, -0.2) is 0 Å². The molecule has 1 N–H and O–H groups in total. The first-order valence-electron chi connectivity index (χ1n) is 14.9. The molecule has 210 valence electrons. The van der Waals surface area contributed by atoms with Crippen molar-refractivity contribution in [3.05, 3.63) is 82.9 Å². The molecular formula is C35H42N2O3. The molecule has 3 aliphatic rings. The number of nitrogens with one attached hydrogen (secondary N) is 1. The van der Waals surface area contributed by atoms with Gasteiger partial charge in [0.25, 0.3) is 5.91 Å². The predicted molar refractivity (Wildman–Crippen MR) is 160 cm³/mol. The van der Waals surface area contributed by atoms with Crippen LogP contribution in [0.2, 0.25) is 0 Å². The van der Waals surface area contributed by atoms with Crippen molar-refractivity contribution in [1.82, 2.24) is 10.2 Å². The number of carbonyl (C=O) groups is 1. The summed E-state index contributed by atoms with van der Waals surface area (Å²) in [6.45, 7) is 12.7. The quantitative estimate of drug-likeness (QED) is 0.344. The first-order chi connectivity index (χ1) is 19.3. The number of piperidine rings is 1. The van der Waals surface area contributed by atoms with E-state index in [-0.39, 0.29) is 18.1 Å². The number of ether oxygens (including phenoxy) is 2. The molecule has 2 aliphatic heterocycles. The van der Waals surface area contributed by atoms with Gasteiger partial charge in [-0.15, -0.1) is 0 Å². The smallest absolute Gasteiger partial charge is 0.251 e. The molecule has 3 atom stereocenters. The highest BCUT2D eigenvalue weighted by Crippen LogP contribution is 2.45. The zero-order chi connectivity index (χ0) is 27.9. The zero-order valence-corrected chi connectivity index (χ0v) is 24.3. The minimum atomic E-state index is 0.00806. The van der Waals surface area contributed by atoms with Crippen LogP contribution in [0.4, 0.5) is 0 Å². The van der Waals surface area contributed by atoms with E-state index in [1.165, 1.54) is 36.1 Å². The number of benzene rings is 3. The van der Waals surface area contributed by atoms with Crippen LogP contribution in [0.3, 0.4) is 0 Å². The lowest BCUT2D eigenvalue weighted by molar-refractivity contribution is 0.0495. The summed E-state index contributed by atoms with van der Waals surface area (Å²) in [6, 6.07) is 21.4. The molecular weight excluding hydrogens is 496 g/mol. The Hall–Kier alpha value is -3.31. The van der Waals surface area contributed by atoms with E-state index in [1.807, 2.05) is 18.2 Å². The first-order valence-corrected chi connectivity index (χ1v) is 14.9. The molecule has 40 heavy (non-hydrogen) atoms. The number of carbonyl (C=O) groups excluding carboxylic acids is 1. The molecule has 1 unspecified atom stereocenters. The third kappa shape index (κ3) is 5.36. The number of nitrogens with zero attached hydrogens (tertiary/aromatic N) is 1. The van der Waals surface area contributed by atoms with Gasteiger partial charge in [0.2, 0.25) is 6.79 Å². The van der Waals surface area contributed by atoms with E-state index in [0.29, 0.717) is 18.5 Å². The van der Waals surface area contributed by atoms with Crippen molar-refractivity contribution in [2.75, 3.05) is 26.4 Å². The first kappa shape index (κ1) is 26.9. The van der Waals surface area contributed by atoms with Gasteiger partial charge in [0.1, 0.15) is 0 Å². The lowest BCUT2D eigenvalue weighted by Gasteiger charge is -2.50. The number of fused-ring (bicyclic) bond motifs is 1. The Morgan fingerprint density at radius 3 is 2.50 bits per heavy atom. The minimum Gasteiger partial charge on any atom is -0.454 e. The molecule has 1 amide bonds. The highest BCUT2D eigenvalue weighted by molar-refractivity contribution is 5.94. The zero-order valence-electron chi connectivity index (χ0n) is 24.3. The fourth-order valence-electron chi connectivity index (χ4n) is 6.67. The second-order valence-corrected chi connectivity index (χ2v) is 12.4.